The van der Waals surface area contributed by atoms with Crippen LogP contribution in [0.2, 0.25) is 5.02 Å². The second-order valence-electron chi connectivity index (χ2n) is 7.60. The third-order valence-corrected chi connectivity index (χ3v) is 5.61. The smallest absolute Gasteiger partial charge is 0.304 e. The predicted molar refractivity (Wildman–Crippen MR) is 123 cm³/mol. The van der Waals surface area contributed by atoms with E-state index in [1.165, 1.54) is 0 Å². The van der Waals surface area contributed by atoms with Gasteiger partial charge in [0.1, 0.15) is 5.75 Å². The fraction of sp³-hybridized carbons (Fsp3) is 0.160. The third-order valence-electron chi connectivity index (χ3n) is 5.35. The van der Waals surface area contributed by atoms with Gasteiger partial charge in [-0.2, -0.15) is 0 Å². The molecule has 0 aliphatic carbocycles. The Labute approximate surface area is 191 Å². The minimum Gasteiger partial charge on any atom is -0.497 e. The van der Waals surface area contributed by atoms with Crippen molar-refractivity contribution in [3.05, 3.63) is 100 Å². The van der Waals surface area contributed by atoms with E-state index in [1.54, 1.807) is 36.1 Å². The van der Waals surface area contributed by atoms with Gasteiger partial charge >= 0.3 is 5.91 Å². The van der Waals surface area contributed by atoms with Gasteiger partial charge in [-0.3, -0.25) is 9.59 Å². The number of nitrogens with zero attached hydrogens (tertiary/aromatic N) is 1. The Kier molecular flexibility index (Phi) is 6.23. The van der Waals surface area contributed by atoms with Crippen molar-refractivity contribution in [3.63, 3.8) is 0 Å². The van der Waals surface area contributed by atoms with Gasteiger partial charge in [0.15, 0.2) is 6.04 Å². The lowest BCUT2D eigenvalue weighted by atomic mass is 9.99. The van der Waals surface area contributed by atoms with Crippen LogP contribution in [0.15, 0.2) is 72.8 Å². The van der Waals surface area contributed by atoms with Gasteiger partial charge < -0.3 is 10.1 Å². The van der Waals surface area contributed by atoms with Crippen molar-refractivity contribution in [1.29, 1.82) is 0 Å². The second kappa shape index (κ2) is 9.24. The number of hydrogen-bond donors (Lipinski definition) is 2. The summed E-state index contributed by atoms with van der Waals surface area (Å²) in [5.74, 6) is 0.105. The van der Waals surface area contributed by atoms with Crippen molar-refractivity contribution in [2.45, 2.75) is 19.0 Å². The number of carbonyl (C=O) groups is 2. The molecule has 0 spiro atoms. The van der Waals surface area contributed by atoms with Crippen LogP contribution in [-0.4, -0.2) is 35.9 Å². The molecule has 2 atom stereocenters. The lowest BCUT2D eigenvalue weighted by molar-refractivity contribution is -0.596. The Hall–Kier alpha value is -3.64. The summed E-state index contributed by atoms with van der Waals surface area (Å²) in [6.45, 7) is 1.95. The molecule has 0 saturated carbocycles. The molecule has 0 aromatic heterocycles. The third kappa shape index (κ3) is 4.65. The lowest BCUT2D eigenvalue weighted by Crippen LogP contribution is -2.42. The van der Waals surface area contributed by atoms with Gasteiger partial charge in [-0.05, 0) is 67.6 Å². The van der Waals surface area contributed by atoms with E-state index in [1.807, 2.05) is 61.7 Å². The monoisotopic (exact) mass is 448 g/mol. The highest BCUT2D eigenvalue weighted by atomic mass is 35.5. The molecule has 1 saturated heterocycles. The molecule has 7 heteroatoms. The average Bonchev–Trinajstić information content (AvgIpc) is 3.10. The molecule has 162 valence electrons. The summed E-state index contributed by atoms with van der Waals surface area (Å²) >= 11 is 6.00. The normalized spacial score (nSPS) is 19.0. The minimum atomic E-state index is -0.791. The van der Waals surface area contributed by atoms with Crippen LogP contribution in [0.3, 0.4) is 0 Å². The van der Waals surface area contributed by atoms with Gasteiger partial charge in [-0.1, -0.05) is 29.3 Å². The molecule has 32 heavy (non-hydrogen) atoms. The largest absolute Gasteiger partial charge is 0.497 e. The summed E-state index contributed by atoms with van der Waals surface area (Å²) < 4.78 is 6.98. The summed E-state index contributed by atoms with van der Waals surface area (Å²) in [5, 5.41) is 3.53. The van der Waals surface area contributed by atoms with Crippen LogP contribution in [0.4, 0.5) is 0 Å². The number of ether oxygens (including phenoxy) is 1. The first-order chi connectivity index (χ1) is 15.4. The Bertz CT molecular complexity index is 1160. The number of hydrogen-bond acceptors (Lipinski definition) is 3. The van der Waals surface area contributed by atoms with Crippen LogP contribution >= 0.6 is 11.6 Å². The van der Waals surface area contributed by atoms with Crippen molar-refractivity contribution in [2.24, 2.45) is 0 Å². The zero-order valence-electron chi connectivity index (χ0n) is 17.7. The summed E-state index contributed by atoms with van der Waals surface area (Å²) in [6.07, 6.45) is 1.82. The number of benzene rings is 3. The summed E-state index contributed by atoms with van der Waals surface area (Å²) in [4.78, 5) is 25.8. The molecule has 1 fully saturated rings. The van der Waals surface area contributed by atoms with E-state index in [4.69, 9.17) is 16.3 Å². The minimum absolute atomic E-state index is 0.295. The number of aryl methyl sites for hydroxylation is 1. The van der Waals surface area contributed by atoms with E-state index in [0.29, 0.717) is 16.3 Å². The maximum absolute atomic E-state index is 12.9. The fourth-order valence-corrected chi connectivity index (χ4v) is 3.75. The molecular weight excluding hydrogens is 426 g/mol. The van der Waals surface area contributed by atoms with E-state index in [2.05, 4.69) is 10.7 Å². The van der Waals surface area contributed by atoms with Gasteiger partial charge in [0.2, 0.25) is 12.3 Å². The molecule has 0 radical (unpaired) electrons. The van der Waals surface area contributed by atoms with Crippen molar-refractivity contribution >= 4 is 29.6 Å². The van der Waals surface area contributed by atoms with E-state index < -0.39 is 12.1 Å². The Morgan fingerprint density at radius 3 is 2.31 bits per heavy atom. The lowest BCUT2D eigenvalue weighted by Gasteiger charge is -2.15. The first kappa shape index (κ1) is 21.6. The van der Waals surface area contributed by atoms with E-state index in [-0.39, 0.29) is 11.8 Å². The quantitative estimate of drug-likeness (QED) is 0.585. The van der Waals surface area contributed by atoms with Crippen molar-refractivity contribution in [3.8, 4) is 5.75 Å². The molecule has 0 unspecified atom stereocenters. The standard InChI is InChI=1S/C25H22ClN3O3/c1-16-3-7-19(8-4-16)24(30)27-22-23(18-9-13-21(32-2)14-10-18)29(28-25(22)31)15-17-5-11-20(26)12-6-17/h3-15,22-23H,1-2H3,(H-,27,28,30,31)/p+1/b29-15-/t22-,23+/m1/s1. The predicted octanol–water partition coefficient (Wildman–Crippen LogP) is 3.67. The second-order valence-corrected chi connectivity index (χ2v) is 8.04. The Morgan fingerprint density at radius 1 is 1.03 bits per heavy atom. The molecule has 2 amide bonds. The van der Waals surface area contributed by atoms with Crippen molar-refractivity contribution in [2.75, 3.05) is 7.11 Å². The molecule has 6 nitrogen and oxygen atoms in total. The van der Waals surface area contributed by atoms with Crippen molar-refractivity contribution in [1.82, 2.24) is 10.7 Å². The number of carbonyl (C=O) groups excluding carboxylic acids is 2. The van der Waals surface area contributed by atoms with Gasteiger partial charge in [-0.15, -0.1) is 10.1 Å². The highest BCUT2D eigenvalue weighted by Crippen LogP contribution is 2.27. The van der Waals surface area contributed by atoms with Crippen LogP contribution in [0.1, 0.15) is 33.1 Å². The molecule has 4 rings (SSSR count). The summed E-state index contributed by atoms with van der Waals surface area (Å²) in [6, 6.07) is 20.7. The maximum atomic E-state index is 12.9. The first-order valence-electron chi connectivity index (χ1n) is 10.2. The molecule has 3 aromatic rings. The van der Waals surface area contributed by atoms with Crippen LogP contribution in [0, 0.1) is 6.92 Å². The van der Waals surface area contributed by atoms with Crippen molar-refractivity contribution < 1.29 is 19.0 Å². The first-order valence-corrected chi connectivity index (χ1v) is 10.5. The topological polar surface area (TPSA) is 70.4 Å². The van der Waals surface area contributed by atoms with E-state index in [0.717, 1.165) is 16.7 Å². The van der Waals surface area contributed by atoms with Crippen LogP contribution in [0.5, 0.6) is 5.75 Å². The summed E-state index contributed by atoms with van der Waals surface area (Å²) in [5.41, 5.74) is 6.13. The molecule has 1 aliphatic heterocycles. The Balaban J connectivity index is 1.69. The SMILES string of the molecule is COc1ccc([C@H]2[C@@H](NC(=O)c3ccc(C)cc3)C(=O)N/[N+]2=C\c2ccc(Cl)cc2)cc1. The summed E-state index contributed by atoms with van der Waals surface area (Å²) in [7, 11) is 1.60. The molecular formula is C25H23ClN3O3+. The number of nitrogens with one attached hydrogen (secondary N) is 2. The van der Waals surface area contributed by atoms with Crippen LogP contribution < -0.4 is 15.5 Å². The molecule has 0 bridgehead atoms. The molecule has 3 aromatic carbocycles. The highest BCUT2D eigenvalue weighted by molar-refractivity contribution is 6.30. The molecule has 1 aliphatic rings. The zero-order valence-corrected chi connectivity index (χ0v) is 18.5. The van der Waals surface area contributed by atoms with Gasteiger partial charge in [-0.25, -0.2) is 0 Å². The molecule has 1 heterocycles. The Morgan fingerprint density at radius 2 is 1.69 bits per heavy atom. The van der Waals surface area contributed by atoms with Gasteiger partial charge in [0.05, 0.1) is 7.11 Å². The number of rotatable bonds is 5. The fourth-order valence-electron chi connectivity index (χ4n) is 3.62. The highest BCUT2D eigenvalue weighted by Gasteiger charge is 2.47. The number of amides is 2. The average molecular weight is 449 g/mol. The van der Waals surface area contributed by atoms with E-state index >= 15 is 0 Å². The van der Waals surface area contributed by atoms with Gasteiger partial charge in [0.25, 0.3) is 5.91 Å². The van der Waals surface area contributed by atoms with Gasteiger partial charge in [0, 0.05) is 21.7 Å². The number of hydrazone groups is 1. The van der Waals surface area contributed by atoms with E-state index in [9.17, 15) is 9.59 Å². The van der Waals surface area contributed by atoms with Crippen LogP contribution in [-0.2, 0) is 4.79 Å². The number of halogens is 1. The zero-order chi connectivity index (χ0) is 22.7. The number of methoxy groups -OCH3 is 1. The maximum Gasteiger partial charge on any atom is 0.304 e. The molecule has 2 N–H and O–H groups in total. The number of hydrazine groups is 1. The van der Waals surface area contributed by atoms with Crippen LogP contribution in [0.25, 0.3) is 0 Å².